The van der Waals surface area contributed by atoms with Gasteiger partial charge in [-0.2, -0.15) is 0 Å². The Morgan fingerprint density at radius 2 is 2.22 bits per heavy atom. The van der Waals surface area contributed by atoms with Crippen LogP contribution in [0.25, 0.3) is 0 Å². The van der Waals surface area contributed by atoms with Crippen molar-refractivity contribution in [1.29, 1.82) is 0 Å². The van der Waals surface area contributed by atoms with Crippen molar-refractivity contribution in [3.63, 3.8) is 0 Å². The standard InChI is InChI=1S/C13H17ClN2OS/c14-11-3-1-2-4-12(11)18-6-5-13(17)16-9-10-7-15-8-10/h1-4,10,15H,5-9H2,(H,16,17). The van der Waals surface area contributed by atoms with Crippen molar-refractivity contribution in [2.45, 2.75) is 11.3 Å². The van der Waals surface area contributed by atoms with Gasteiger partial charge in [0.1, 0.15) is 0 Å². The van der Waals surface area contributed by atoms with Crippen LogP contribution in [0.1, 0.15) is 6.42 Å². The molecule has 1 heterocycles. The molecular weight excluding hydrogens is 268 g/mol. The van der Waals surface area contributed by atoms with Crippen LogP contribution in [0.4, 0.5) is 0 Å². The summed E-state index contributed by atoms with van der Waals surface area (Å²) in [7, 11) is 0. The van der Waals surface area contributed by atoms with Crippen LogP contribution in [-0.2, 0) is 4.79 Å². The van der Waals surface area contributed by atoms with Gasteiger partial charge in [-0.3, -0.25) is 4.79 Å². The van der Waals surface area contributed by atoms with Gasteiger partial charge in [0.05, 0.1) is 5.02 Å². The van der Waals surface area contributed by atoms with Crippen LogP contribution >= 0.6 is 23.4 Å². The summed E-state index contributed by atoms with van der Waals surface area (Å²) in [4.78, 5) is 12.6. The van der Waals surface area contributed by atoms with Crippen molar-refractivity contribution < 1.29 is 4.79 Å². The van der Waals surface area contributed by atoms with Gasteiger partial charge in [0, 0.05) is 42.6 Å². The second kappa shape index (κ2) is 7.02. The van der Waals surface area contributed by atoms with Crippen molar-refractivity contribution >= 4 is 29.3 Å². The normalized spacial score (nSPS) is 15.2. The molecule has 1 aromatic carbocycles. The number of amides is 1. The minimum atomic E-state index is 0.126. The van der Waals surface area contributed by atoms with E-state index < -0.39 is 0 Å². The van der Waals surface area contributed by atoms with Crippen LogP contribution in [-0.4, -0.2) is 31.3 Å². The Balaban J connectivity index is 1.62. The molecule has 3 nitrogen and oxygen atoms in total. The van der Waals surface area contributed by atoms with E-state index in [0.29, 0.717) is 12.3 Å². The van der Waals surface area contributed by atoms with E-state index in [4.69, 9.17) is 11.6 Å². The Morgan fingerprint density at radius 1 is 1.44 bits per heavy atom. The third kappa shape index (κ3) is 4.19. The lowest BCUT2D eigenvalue weighted by molar-refractivity contribution is -0.120. The minimum absolute atomic E-state index is 0.126. The van der Waals surface area contributed by atoms with Crippen molar-refractivity contribution in [3.8, 4) is 0 Å². The fourth-order valence-electron chi connectivity index (χ4n) is 1.65. The molecule has 0 bridgehead atoms. The average molecular weight is 285 g/mol. The lowest BCUT2D eigenvalue weighted by Gasteiger charge is -2.27. The summed E-state index contributed by atoms with van der Waals surface area (Å²) in [6.45, 7) is 2.84. The van der Waals surface area contributed by atoms with E-state index >= 15 is 0 Å². The summed E-state index contributed by atoms with van der Waals surface area (Å²) in [6, 6.07) is 7.71. The molecule has 1 fully saturated rings. The number of hydrogen-bond acceptors (Lipinski definition) is 3. The van der Waals surface area contributed by atoms with E-state index in [1.54, 1.807) is 11.8 Å². The second-order valence-electron chi connectivity index (χ2n) is 4.36. The van der Waals surface area contributed by atoms with Gasteiger partial charge >= 0.3 is 0 Å². The highest BCUT2D eigenvalue weighted by Crippen LogP contribution is 2.26. The molecule has 5 heteroatoms. The molecule has 0 aromatic heterocycles. The number of benzene rings is 1. The lowest BCUT2D eigenvalue weighted by atomic mass is 10.0. The number of halogens is 1. The summed E-state index contributed by atoms with van der Waals surface area (Å²) in [5.41, 5.74) is 0. The summed E-state index contributed by atoms with van der Waals surface area (Å²) >= 11 is 7.66. The molecular formula is C13H17ClN2OS. The van der Waals surface area contributed by atoms with Crippen LogP contribution < -0.4 is 10.6 Å². The topological polar surface area (TPSA) is 41.1 Å². The van der Waals surface area contributed by atoms with Gasteiger partial charge in [-0.15, -0.1) is 11.8 Å². The highest BCUT2D eigenvalue weighted by atomic mass is 35.5. The fraction of sp³-hybridized carbons (Fsp3) is 0.462. The van der Waals surface area contributed by atoms with Gasteiger partial charge in [0.15, 0.2) is 0 Å². The predicted octanol–water partition coefficient (Wildman–Crippen LogP) is 2.16. The molecule has 0 aliphatic carbocycles. The van der Waals surface area contributed by atoms with Gasteiger partial charge in [-0.05, 0) is 12.1 Å². The zero-order valence-electron chi connectivity index (χ0n) is 10.1. The monoisotopic (exact) mass is 284 g/mol. The van der Waals surface area contributed by atoms with Gasteiger partial charge in [0.25, 0.3) is 0 Å². The van der Waals surface area contributed by atoms with Crippen molar-refractivity contribution in [1.82, 2.24) is 10.6 Å². The maximum atomic E-state index is 11.6. The van der Waals surface area contributed by atoms with E-state index in [1.165, 1.54) is 0 Å². The largest absolute Gasteiger partial charge is 0.356 e. The molecule has 18 heavy (non-hydrogen) atoms. The number of hydrogen-bond donors (Lipinski definition) is 2. The van der Waals surface area contributed by atoms with E-state index in [2.05, 4.69) is 10.6 Å². The van der Waals surface area contributed by atoms with Gasteiger partial charge in [0.2, 0.25) is 5.91 Å². The number of rotatable bonds is 6. The summed E-state index contributed by atoms with van der Waals surface area (Å²) < 4.78 is 0. The first-order valence-corrected chi connectivity index (χ1v) is 7.47. The van der Waals surface area contributed by atoms with Crippen molar-refractivity contribution in [2.75, 3.05) is 25.4 Å². The van der Waals surface area contributed by atoms with Crippen LogP contribution in [0.3, 0.4) is 0 Å². The van der Waals surface area contributed by atoms with Crippen LogP contribution in [0.15, 0.2) is 29.2 Å². The smallest absolute Gasteiger partial charge is 0.220 e. The zero-order chi connectivity index (χ0) is 12.8. The van der Waals surface area contributed by atoms with Gasteiger partial charge in [-0.25, -0.2) is 0 Å². The maximum absolute atomic E-state index is 11.6. The van der Waals surface area contributed by atoms with Crippen LogP contribution in [0.5, 0.6) is 0 Å². The van der Waals surface area contributed by atoms with Crippen molar-refractivity contribution in [3.05, 3.63) is 29.3 Å². The average Bonchev–Trinajstić information content (AvgIpc) is 2.30. The van der Waals surface area contributed by atoms with Crippen molar-refractivity contribution in [2.24, 2.45) is 5.92 Å². The first kappa shape index (κ1) is 13.7. The third-order valence-electron chi connectivity index (χ3n) is 2.88. The van der Waals surface area contributed by atoms with E-state index in [1.807, 2.05) is 24.3 Å². The molecule has 0 radical (unpaired) electrons. The van der Waals surface area contributed by atoms with Crippen LogP contribution in [0.2, 0.25) is 5.02 Å². The highest BCUT2D eigenvalue weighted by Gasteiger charge is 2.16. The summed E-state index contributed by atoms with van der Waals surface area (Å²) in [5.74, 6) is 1.50. The zero-order valence-corrected chi connectivity index (χ0v) is 11.7. The molecule has 1 amide bonds. The Labute approximate surface area is 117 Å². The molecule has 0 spiro atoms. The summed E-state index contributed by atoms with van der Waals surface area (Å²) in [5, 5.41) is 6.90. The molecule has 0 atom stereocenters. The molecule has 0 unspecified atom stereocenters. The van der Waals surface area contributed by atoms with Gasteiger partial charge in [-0.1, -0.05) is 23.7 Å². The Morgan fingerprint density at radius 3 is 2.89 bits per heavy atom. The molecule has 2 rings (SSSR count). The lowest BCUT2D eigenvalue weighted by Crippen LogP contribution is -2.48. The molecule has 1 aliphatic rings. The summed E-state index contributed by atoms with van der Waals surface area (Å²) in [6.07, 6.45) is 0.538. The Kier molecular flexibility index (Phi) is 5.35. The minimum Gasteiger partial charge on any atom is -0.356 e. The number of carbonyl (C=O) groups excluding carboxylic acids is 1. The molecule has 98 valence electrons. The first-order chi connectivity index (χ1) is 8.75. The Bertz CT molecular complexity index is 410. The Hall–Kier alpha value is -0.710. The highest BCUT2D eigenvalue weighted by molar-refractivity contribution is 7.99. The number of nitrogens with one attached hydrogen (secondary N) is 2. The maximum Gasteiger partial charge on any atom is 0.220 e. The van der Waals surface area contributed by atoms with E-state index in [-0.39, 0.29) is 5.91 Å². The predicted molar refractivity (Wildman–Crippen MR) is 76.2 cm³/mol. The van der Waals surface area contributed by atoms with E-state index in [0.717, 1.165) is 35.3 Å². The third-order valence-corrected chi connectivity index (χ3v) is 4.39. The van der Waals surface area contributed by atoms with Crippen LogP contribution in [0, 0.1) is 5.92 Å². The second-order valence-corrected chi connectivity index (χ2v) is 5.90. The molecule has 1 saturated heterocycles. The van der Waals surface area contributed by atoms with E-state index in [9.17, 15) is 4.79 Å². The molecule has 1 aromatic rings. The molecule has 1 aliphatic heterocycles. The number of thioether (sulfide) groups is 1. The quantitative estimate of drug-likeness (QED) is 0.787. The van der Waals surface area contributed by atoms with Gasteiger partial charge < -0.3 is 10.6 Å². The first-order valence-electron chi connectivity index (χ1n) is 6.10. The molecule has 0 saturated carbocycles. The SMILES string of the molecule is O=C(CCSc1ccccc1Cl)NCC1CNC1. The molecule has 2 N–H and O–H groups in total. The fourth-order valence-corrected chi connectivity index (χ4v) is 2.84. The number of carbonyl (C=O) groups is 1.